The summed E-state index contributed by atoms with van der Waals surface area (Å²) in [5.41, 5.74) is 4.67. The van der Waals surface area contributed by atoms with Gasteiger partial charge in [-0.25, -0.2) is 0 Å². The molecule has 0 bridgehead atoms. The van der Waals surface area contributed by atoms with E-state index in [2.05, 4.69) is 34.3 Å². The van der Waals surface area contributed by atoms with Gasteiger partial charge in [0.05, 0.1) is 6.54 Å². The first-order valence-corrected chi connectivity index (χ1v) is 11.1. The minimum absolute atomic E-state index is 0.0842. The third-order valence-electron chi connectivity index (χ3n) is 6.22. The number of piperazine rings is 1. The molecular formula is C23H32N4O2. The maximum atomic E-state index is 13.1. The average Bonchev–Trinajstić information content (AvgIpc) is 3.12. The molecule has 1 saturated heterocycles. The van der Waals surface area contributed by atoms with Crippen LogP contribution in [-0.2, 0) is 17.6 Å². The molecule has 29 heavy (non-hydrogen) atoms. The van der Waals surface area contributed by atoms with E-state index >= 15 is 0 Å². The molecule has 156 valence electrons. The average molecular weight is 397 g/mol. The maximum absolute atomic E-state index is 13.1. The zero-order chi connectivity index (χ0) is 20.2. The fourth-order valence-electron chi connectivity index (χ4n) is 4.49. The number of hydrogen-bond donors (Lipinski definition) is 2. The van der Waals surface area contributed by atoms with Crippen molar-refractivity contribution in [2.75, 3.05) is 39.3 Å². The Morgan fingerprint density at radius 3 is 2.69 bits per heavy atom. The molecule has 0 spiro atoms. The summed E-state index contributed by atoms with van der Waals surface area (Å²) in [7, 11) is 0. The van der Waals surface area contributed by atoms with Crippen molar-refractivity contribution < 1.29 is 9.59 Å². The number of carbonyl (C=O) groups is 2. The van der Waals surface area contributed by atoms with Gasteiger partial charge in [-0.3, -0.25) is 14.5 Å². The van der Waals surface area contributed by atoms with E-state index in [-0.39, 0.29) is 11.8 Å². The monoisotopic (exact) mass is 396 g/mol. The van der Waals surface area contributed by atoms with Gasteiger partial charge in [0, 0.05) is 54.9 Å². The van der Waals surface area contributed by atoms with Gasteiger partial charge in [0.15, 0.2) is 0 Å². The highest BCUT2D eigenvalue weighted by molar-refractivity contribution is 5.99. The summed E-state index contributed by atoms with van der Waals surface area (Å²) < 4.78 is 0. The number of aromatic nitrogens is 1. The minimum Gasteiger partial charge on any atom is -0.358 e. The topological polar surface area (TPSA) is 68.4 Å². The molecule has 1 aromatic heterocycles. The fourth-order valence-corrected chi connectivity index (χ4v) is 4.49. The first kappa shape index (κ1) is 20.0. The number of nitrogens with one attached hydrogen (secondary N) is 2. The highest BCUT2D eigenvalue weighted by Crippen LogP contribution is 2.30. The number of aromatic amines is 1. The first-order valence-electron chi connectivity index (χ1n) is 11.1. The van der Waals surface area contributed by atoms with Crippen LogP contribution in [0.4, 0.5) is 0 Å². The second-order valence-corrected chi connectivity index (χ2v) is 8.32. The molecule has 0 radical (unpaired) electrons. The molecule has 1 aliphatic heterocycles. The summed E-state index contributed by atoms with van der Waals surface area (Å²) in [6.45, 7) is 6.12. The van der Waals surface area contributed by atoms with Crippen LogP contribution >= 0.6 is 0 Å². The Labute approximate surface area is 172 Å². The van der Waals surface area contributed by atoms with E-state index in [4.69, 9.17) is 0 Å². The van der Waals surface area contributed by atoms with Gasteiger partial charge in [0.25, 0.3) is 5.91 Å². The molecule has 2 aromatic rings. The summed E-state index contributed by atoms with van der Waals surface area (Å²) in [4.78, 5) is 32.7. The number of benzene rings is 1. The lowest BCUT2D eigenvalue weighted by Gasteiger charge is -2.34. The summed E-state index contributed by atoms with van der Waals surface area (Å²) >= 11 is 0. The summed E-state index contributed by atoms with van der Waals surface area (Å²) in [5.74, 6) is 0.186. The summed E-state index contributed by atoms with van der Waals surface area (Å²) in [6, 6.07) is 6.07. The molecule has 2 aliphatic rings. The fraction of sp³-hybridized carbons (Fsp3) is 0.565. The standard InChI is InChI=1S/C23H32N4O2/c1-2-3-10-24-22(28)16-26-11-13-27(14-12-26)23(29)17-8-9-21-19(15-17)18-6-4-5-7-20(18)25-21/h8-9,15,25H,2-7,10-14,16H2,1H3,(H,24,28). The predicted octanol–water partition coefficient (Wildman–Crippen LogP) is 2.72. The summed E-state index contributed by atoms with van der Waals surface area (Å²) in [6.07, 6.45) is 6.78. The number of amides is 2. The van der Waals surface area contributed by atoms with Gasteiger partial charge < -0.3 is 15.2 Å². The van der Waals surface area contributed by atoms with Gasteiger partial charge in [0.2, 0.25) is 5.91 Å². The lowest BCUT2D eigenvalue weighted by Crippen LogP contribution is -2.51. The number of rotatable bonds is 6. The van der Waals surface area contributed by atoms with Crippen molar-refractivity contribution in [1.82, 2.24) is 20.1 Å². The summed E-state index contributed by atoms with van der Waals surface area (Å²) in [5, 5.41) is 4.18. The molecule has 6 heteroatoms. The zero-order valence-corrected chi connectivity index (χ0v) is 17.4. The number of nitrogens with zero attached hydrogens (tertiary/aromatic N) is 2. The van der Waals surface area contributed by atoms with E-state index in [1.807, 2.05) is 11.0 Å². The SMILES string of the molecule is CCCCNC(=O)CN1CCN(C(=O)c2ccc3[nH]c4c(c3c2)CCCC4)CC1. The van der Waals surface area contributed by atoms with Crippen molar-refractivity contribution in [3.05, 3.63) is 35.0 Å². The molecule has 2 N–H and O–H groups in total. The molecule has 1 fully saturated rings. The smallest absolute Gasteiger partial charge is 0.253 e. The molecule has 0 saturated carbocycles. The van der Waals surface area contributed by atoms with Crippen LogP contribution in [0.2, 0.25) is 0 Å². The van der Waals surface area contributed by atoms with E-state index in [9.17, 15) is 9.59 Å². The van der Waals surface area contributed by atoms with E-state index in [1.165, 1.54) is 29.5 Å². The van der Waals surface area contributed by atoms with Crippen LogP contribution in [0.5, 0.6) is 0 Å². The van der Waals surface area contributed by atoms with Crippen molar-refractivity contribution in [2.24, 2.45) is 0 Å². The molecular weight excluding hydrogens is 364 g/mol. The Bertz CT molecular complexity index is 880. The quantitative estimate of drug-likeness (QED) is 0.738. The van der Waals surface area contributed by atoms with Crippen molar-refractivity contribution >= 4 is 22.7 Å². The van der Waals surface area contributed by atoms with Crippen molar-refractivity contribution in [3.8, 4) is 0 Å². The Hall–Kier alpha value is -2.34. The second kappa shape index (κ2) is 8.99. The molecule has 0 atom stereocenters. The third-order valence-corrected chi connectivity index (χ3v) is 6.22. The highest BCUT2D eigenvalue weighted by atomic mass is 16.2. The molecule has 4 rings (SSSR count). The molecule has 0 unspecified atom stereocenters. The largest absolute Gasteiger partial charge is 0.358 e. The molecule has 6 nitrogen and oxygen atoms in total. The Balaban J connectivity index is 1.35. The number of aryl methyl sites for hydroxylation is 2. The highest BCUT2D eigenvalue weighted by Gasteiger charge is 2.24. The van der Waals surface area contributed by atoms with Gasteiger partial charge >= 0.3 is 0 Å². The van der Waals surface area contributed by atoms with Crippen molar-refractivity contribution in [1.29, 1.82) is 0 Å². The van der Waals surface area contributed by atoms with Crippen LogP contribution in [0.15, 0.2) is 18.2 Å². The molecule has 2 amide bonds. The van der Waals surface area contributed by atoms with Gasteiger partial charge in [-0.05, 0) is 55.9 Å². The van der Waals surface area contributed by atoms with Gasteiger partial charge in [-0.2, -0.15) is 0 Å². The lowest BCUT2D eigenvalue weighted by atomic mass is 9.95. The van der Waals surface area contributed by atoms with Crippen LogP contribution in [0.1, 0.15) is 54.2 Å². The molecule has 2 heterocycles. The van der Waals surface area contributed by atoms with Crippen LogP contribution in [0.25, 0.3) is 10.9 Å². The first-order chi connectivity index (χ1) is 14.2. The van der Waals surface area contributed by atoms with Crippen LogP contribution < -0.4 is 5.32 Å². The van der Waals surface area contributed by atoms with E-state index < -0.39 is 0 Å². The van der Waals surface area contributed by atoms with Gasteiger partial charge in [-0.15, -0.1) is 0 Å². The lowest BCUT2D eigenvalue weighted by molar-refractivity contribution is -0.122. The molecule has 1 aromatic carbocycles. The maximum Gasteiger partial charge on any atom is 0.253 e. The number of fused-ring (bicyclic) bond motifs is 3. The Morgan fingerprint density at radius 2 is 1.90 bits per heavy atom. The number of carbonyl (C=O) groups excluding carboxylic acids is 2. The Morgan fingerprint density at radius 1 is 1.10 bits per heavy atom. The van der Waals surface area contributed by atoms with E-state index in [0.717, 1.165) is 56.4 Å². The van der Waals surface area contributed by atoms with E-state index in [1.54, 1.807) is 0 Å². The van der Waals surface area contributed by atoms with Crippen molar-refractivity contribution in [2.45, 2.75) is 45.4 Å². The molecule has 1 aliphatic carbocycles. The van der Waals surface area contributed by atoms with Crippen LogP contribution in [0, 0.1) is 0 Å². The van der Waals surface area contributed by atoms with Crippen LogP contribution in [0.3, 0.4) is 0 Å². The number of H-pyrrole nitrogens is 1. The van der Waals surface area contributed by atoms with Gasteiger partial charge in [-0.1, -0.05) is 13.3 Å². The van der Waals surface area contributed by atoms with Crippen molar-refractivity contribution in [3.63, 3.8) is 0 Å². The Kier molecular flexibility index (Phi) is 6.19. The zero-order valence-electron chi connectivity index (χ0n) is 17.4. The number of unbranched alkanes of at least 4 members (excludes halogenated alkanes) is 1. The third kappa shape index (κ3) is 4.47. The van der Waals surface area contributed by atoms with Crippen LogP contribution in [-0.4, -0.2) is 65.9 Å². The minimum atomic E-state index is 0.0842. The number of hydrogen-bond acceptors (Lipinski definition) is 3. The van der Waals surface area contributed by atoms with Gasteiger partial charge in [0.1, 0.15) is 0 Å². The normalized spacial score (nSPS) is 17.3. The van der Waals surface area contributed by atoms with E-state index in [0.29, 0.717) is 19.6 Å². The predicted molar refractivity (Wildman–Crippen MR) is 115 cm³/mol. The second-order valence-electron chi connectivity index (χ2n) is 8.32.